The van der Waals surface area contributed by atoms with Crippen LogP contribution in [0, 0.1) is 34.0 Å². The Hall–Kier alpha value is -5.79. The molecule has 234 valence electrons. The number of quaternary nitrogens is 3. The highest BCUT2D eigenvalue weighted by Crippen LogP contribution is 2.10. The number of benzene rings is 1. The number of amidine groups is 3. The van der Waals surface area contributed by atoms with E-state index in [1.165, 1.54) is 0 Å². The highest BCUT2D eigenvalue weighted by molar-refractivity contribution is 6.02. The fraction of sp³-hybridized carbons (Fsp3) is 0.300. The third-order valence-electron chi connectivity index (χ3n) is 6.50. The second-order valence-corrected chi connectivity index (χ2v) is 9.63. The molecule has 45 heavy (non-hydrogen) atoms. The molecule has 0 aliphatic carbocycles. The molecule has 4 rings (SSSR count). The normalized spacial score (nSPS) is 20.3. The van der Waals surface area contributed by atoms with Gasteiger partial charge in [0.1, 0.15) is 36.8 Å². The molecule has 0 bridgehead atoms. The summed E-state index contributed by atoms with van der Waals surface area (Å²) in [5.41, 5.74) is -1.84. The number of aromatic carboxylic acids is 3. The van der Waals surface area contributed by atoms with E-state index in [4.69, 9.17) is 15.8 Å². The lowest BCUT2D eigenvalue weighted by molar-refractivity contribution is -0.763. The van der Waals surface area contributed by atoms with Gasteiger partial charge in [-0.1, -0.05) is 12.1 Å². The number of hydrogen-bond acceptors (Lipinski definition) is 12. The Balaban J connectivity index is 0.000000305. The van der Waals surface area contributed by atoms with Gasteiger partial charge in [0, 0.05) is 52.7 Å². The zero-order valence-electron chi connectivity index (χ0n) is 25.6. The van der Waals surface area contributed by atoms with E-state index in [1.54, 1.807) is 18.6 Å². The molecule has 0 saturated heterocycles. The molecule has 0 spiro atoms. The lowest BCUT2D eigenvalue weighted by Crippen LogP contribution is -3.12. The minimum atomic E-state index is -1.79. The van der Waals surface area contributed by atoms with Gasteiger partial charge in [0.25, 0.3) is 0 Å². The van der Waals surface area contributed by atoms with E-state index in [0.717, 1.165) is 44.3 Å². The van der Waals surface area contributed by atoms with Crippen molar-refractivity contribution in [2.45, 2.75) is 59.7 Å². The molecule has 0 aromatic heterocycles. The standard InChI is InChI=1S/C9H6O6.3C7H9N3/c10-7(11)4-1-2-5(8(12)13)6(3-4)9(14)15;3*1-6(5-8)10-4-3-9-7(10)2/h1-3H,(H,10,11)(H,12,13)(H,14,15);3*3-4,6H,1-2H3. The molecular formula is C30H33N9O6. The van der Waals surface area contributed by atoms with Crippen LogP contribution in [0.25, 0.3) is 0 Å². The number of hydrogen-bond donors (Lipinski definition) is 3. The zero-order valence-corrected chi connectivity index (χ0v) is 25.6. The first-order chi connectivity index (χ1) is 21.2. The molecule has 15 nitrogen and oxygen atoms in total. The van der Waals surface area contributed by atoms with Crippen molar-refractivity contribution in [1.29, 1.82) is 15.8 Å². The van der Waals surface area contributed by atoms with E-state index in [2.05, 4.69) is 33.2 Å². The molecule has 0 fully saturated rings. The largest absolute Gasteiger partial charge is 0.545 e. The Morgan fingerprint density at radius 1 is 0.622 bits per heavy atom. The van der Waals surface area contributed by atoms with Crippen molar-refractivity contribution in [3.8, 4) is 18.2 Å². The number of carboxylic acids is 3. The molecule has 6 atom stereocenters. The summed E-state index contributed by atoms with van der Waals surface area (Å²) in [5, 5.41) is 57.0. The van der Waals surface area contributed by atoms with Gasteiger partial charge in [-0.15, -0.1) is 0 Å². The summed E-state index contributed by atoms with van der Waals surface area (Å²) in [4.78, 5) is 46.5. The summed E-state index contributed by atoms with van der Waals surface area (Å²) in [6.07, 6.45) is 10.9. The maximum absolute atomic E-state index is 10.5. The molecular weight excluding hydrogens is 582 g/mol. The van der Waals surface area contributed by atoms with E-state index >= 15 is 0 Å². The van der Waals surface area contributed by atoms with Crippen LogP contribution >= 0.6 is 0 Å². The molecule has 3 aliphatic rings. The van der Waals surface area contributed by atoms with Crippen LogP contribution in [0.1, 0.15) is 72.6 Å². The molecule has 3 N–H and O–H groups in total. The van der Waals surface area contributed by atoms with Crippen LogP contribution in [0.2, 0.25) is 0 Å². The fourth-order valence-corrected chi connectivity index (χ4v) is 3.87. The van der Waals surface area contributed by atoms with Gasteiger partial charge >= 0.3 is 0 Å². The van der Waals surface area contributed by atoms with Gasteiger partial charge in [-0.2, -0.15) is 15.8 Å². The lowest BCUT2D eigenvalue weighted by Gasteiger charge is -2.13. The molecule has 1 aromatic rings. The monoisotopic (exact) mass is 615 g/mol. The smallest absolute Gasteiger partial charge is 0.203 e. The molecule has 1 aromatic carbocycles. The van der Waals surface area contributed by atoms with Crippen molar-refractivity contribution in [3.63, 3.8) is 0 Å². The van der Waals surface area contributed by atoms with Crippen LogP contribution in [0.5, 0.6) is 0 Å². The number of carbonyl (C=O) groups is 3. The lowest BCUT2D eigenvalue weighted by atomic mass is 10.0. The van der Waals surface area contributed by atoms with Crippen molar-refractivity contribution in [2.24, 2.45) is 15.0 Å². The second-order valence-electron chi connectivity index (χ2n) is 9.63. The van der Waals surface area contributed by atoms with Crippen molar-refractivity contribution in [2.75, 3.05) is 0 Å². The zero-order chi connectivity index (χ0) is 34.3. The molecule has 3 heterocycles. The van der Waals surface area contributed by atoms with Crippen LogP contribution < -0.4 is 30.0 Å². The van der Waals surface area contributed by atoms with Crippen molar-refractivity contribution >= 4 is 35.4 Å². The summed E-state index contributed by atoms with van der Waals surface area (Å²) in [6.45, 7) is 11.4. The Labute approximate surface area is 260 Å². The van der Waals surface area contributed by atoms with E-state index in [9.17, 15) is 29.7 Å². The number of nitrogens with one attached hydrogen (secondary N) is 3. The topological polar surface area (TPSA) is 242 Å². The highest BCUT2D eigenvalue weighted by Gasteiger charge is 2.22. The Kier molecular flexibility index (Phi) is 14.9. The Morgan fingerprint density at radius 3 is 1.18 bits per heavy atom. The Bertz CT molecular complexity index is 1470. The fourth-order valence-electron chi connectivity index (χ4n) is 3.87. The van der Waals surface area contributed by atoms with Gasteiger partial charge in [0.15, 0.2) is 18.1 Å². The van der Waals surface area contributed by atoms with Gasteiger partial charge < -0.3 is 29.7 Å². The summed E-state index contributed by atoms with van der Waals surface area (Å²) in [5.74, 6) is -2.23. The van der Waals surface area contributed by atoms with Crippen LogP contribution in [-0.2, 0) is 0 Å². The van der Waals surface area contributed by atoms with E-state index in [1.807, 2.05) is 60.1 Å². The number of aliphatic imine (C=N–C) groups is 3. The van der Waals surface area contributed by atoms with E-state index in [-0.39, 0.29) is 18.1 Å². The minimum absolute atomic E-state index is 0.0255. The first-order valence-electron chi connectivity index (χ1n) is 13.4. The van der Waals surface area contributed by atoms with Crippen molar-refractivity contribution in [3.05, 3.63) is 72.1 Å². The van der Waals surface area contributed by atoms with Gasteiger partial charge in [-0.25, -0.2) is 29.7 Å². The molecule has 0 amide bonds. The summed E-state index contributed by atoms with van der Waals surface area (Å²) in [6, 6.07) is 8.80. The van der Waals surface area contributed by atoms with E-state index < -0.39 is 34.6 Å². The summed E-state index contributed by atoms with van der Waals surface area (Å²) < 4.78 is 0. The first kappa shape index (κ1) is 37.2. The predicted molar refractivity (Wildman–Crippen MR) is 154 cm³/mol. The number of carboxylic acid groups (broad SMARTS) is 3. The maximum atomic E-state index is 10.5. The van der Waals surface area contributed by atoms with Crippen LogP contribution in [0.3, 0.4) is 0 Å². The van der Waals surface area contributed by atoms with Crippen LogP contribution in [0.4, 0.5) is 0 Å². The average Bonchev–Trinajstić information content (AvgIpc) is 3.77. The average molecular weight is 616 g/mol. The number of nitrogens with zero attached hydrogens (tertiary/aromatic N) is 6. The van der Waals surface area contributed by atoms with Crippen molar-refractivity contribution in [1.82, 2.24) is 0 Å². The van der Waals surface area contributed by atoms with Crippen LogP contribution in [-0.4, -0.2) is 53.5 Å². The second kappa shape index (κ2) is 18.0. The minimum Gasteiger partial charge on any atom is -0.545 e. The molecule has 0 saturated carbocycles. The molecule has 0 radical (unpaired) electrons. The van der Waals surface area contributed by atoms with Gasteiger partial charge in [0.2, 0.25) is 17.5 Å². The predicted octanol–water partition coefficient (Wildman–Crippen LogP) is -4.16. The molecule has 3 aliphatic heterocycles. The third-order valence-corrected chi connectivity index (χ3v) is 6.50. The summed E-state index contributed by atoms with van der Waals surface area (Å²) >= 11 is 0. The number of rotatable bonds is 6. The first-order valence-corrected chi connectivity index (χ1v) is 13.4. The van der Waals surface area contributed by atoms with Crippen molar-refractivity contribution < 1.29 is 44.4 Å². The molecule has 15 heteroatoms. The van der Waals surface area contributed by atoms with E-state index in [0.29, 0.717) is 6.07 Å². The number of nitriles is 3. The maximum Gasteiger partial charge on any atom is 0.203 e. The van der Waals surface area contributed by atoms with Crippen LogP contribution in [0.15, 0.2) is 70.4 Å². The molecule has 6 unspecified atom stereocenters. The number of carbonyl (C=O) groups excluding carboxylic acids is 3. The summed E-state index contributed by atoms with van der Waals surface area (Å²) in [7, 11) is 0. The van der Waals surface area contributed by atoms with Gasteiger partial charge in [0.05, 0.1) is 36.5 Å². The van der Waals surface area contributed by atoms with Gasteiger partial charge in [-0.3, -0.25) is 0 Å². The quantitative estimate of drug-likeness (QED) is 0.281. The SMILES string of the molecule is CC1=NC=C[NH+]1C(C)C#N.CC1=NC=C[NH+]1C(C)C#N.CC1=NC=C[NH+]1C(C)C#N.O=C([O-])c1ccc(C(=O)[O-])c(C(=O)[O-])c1. The third kappa shape index (κ3) is 11.1. The Morgan fingerprint density at radius 2 is 0.956 bits per heavy atom. The van der Waals surface area contributed by atoms with Gasteiger partial charge in [-0.05, 0) is 11.6 Å². The highest BCUT2D eigenvalue weighted by atomic mass is 16.4.